The summed E-state index contributed by atoms with van der Waals surface area (Å²) in [5.41, 5.74) is 21.5. The maximum Gasteiger partial charge on any atom is 0.0465 e. The summed E-state index contributed by atoms with van der Waals surface area (Å²) < 4.78 is 0. The van der Waals surface area contributed by atoms with Crippen LogP contribution in [0.15, 0.2) is 200 Å². The van der Waals surface area contributed by atoms with Gasteiger partial charge in [-0.25, -0.2) is 0 Å². The smallest absolute Gasteiger partial charge is 0.0465 e. The van der Waals surface area contributed by atoms with Crippen LogP contribution < -0.4 is 4.90 Å². The molecule has 2 aliphatic carbocycles. The summed E-state index contributed by atoms with van der Waals surface area (Å²) in [5.74, 6) is 0. The molecule has 0 unspecified atom stereocenters. The molecule has 0 atom stereocenters. The molecule has 1 heteroatoms. The molecule has 0 saturated heterocycles. The topological polar surface area (TPSA) is 3.24 Å². The van der Waals surface area contributed by atoms with Gasteiger partial charge in [0.1, 0.15) is 0 Å². The van der Waals surface area contributed by atoms with Crippen molar-refractivity contribution in [2.45, 2.75) is 38.5 Å². The van der Waals surface area contributed by atoms with Crippen LogP contribution in [-0.4, -0.2) is 0 Å². The fourth-order valence-corrected chi connectivity index (χ4v) is 10.3. The number of anilines is 3. The minimum Gasteiger partial charge on any atom is -0.310 e. The molecule has 0 saturated carbocycles. The van der Waals surface area contributed by atoms with Gasteiger partial charge in [0.15, 0.2) is 0 Å². The van der Waals surface area contributed by atoms with Crippen molar-refractivity contribution in [3.05, 3.63) is 222 Å². The second kappa shape index (κ2) is 13.3. The van der Waals surface area contributed by atoms with Crippen LogP contribution in [0.4, 0.5) is 17.1 Å². The SMILES string of the molecule is CC1(C)c2ccccc2-c2ccc(N(c3ccc(-c4ccccc4)cc3)c3ccc(-c4cc5c(c6ccccc46)C(C)(C)c4ccc(-c6ccccc6)cc4-5)cc3)cc21. The maximum atomic E-state index is 2.47. The minimum absolute atomic E-state index is 0.0989. The Balaban J connectivity index is 1.04. The van der Waals surface area contributed by atoms with E-state index in [0.717, 1.165) is 17.1 Å². The van der Waals surface area contributed by atoms with Gasteiger partial charge in [-0.3, -0.25) is 0 Å². The summed E-state index contributed by atoms with van der Waals surface area (Å²) in [4.78, 5) is 2.42. The van der Waals surface area contributed by atoms with Crippen LogP contribution in [0, 0.1) is 0 Å². The number of fused-ring (bicyclic) bond motifs is 8. The Labute approximate surface area is 347 Å². The van der Waals surface area contributed by atoms with E-state index in [1.807, 2.05) is 0 Å². The highest BCUT2D eigenvalue weighted by molar-refractivity contribution is 6.06. The number of rotatable bonds is 6. The first kappa shape index (κ1) is 35.2. The molecule has 282 valence electrons. The highest BCUT2D eigenvalue weighted by atomic mass is 15.1. The van der Waals surface area contributed by atoms with E-state index in [1.54, 1.807) is 0 Å². The van der Waals surface area contributed by atoms with Gasteiger partial charge < -0.3 is 4.90 Å². The lowest BCUT2D eigenvalue weighted by molar-refractivity contribution is 0.660. The number of nitrogens with zero attached hydrogens (tertiary/aromatic N) is 1. The lowest BCUT2D eigenvalue weighted by Gasteiger charge is -2.28. The first-order valence-corrected chi connectivity index (χ1v) is 20.8. The summed E-state index contributed by atoms with van der Waals surface area (Å²) in [6, 6.07) is 74.2. The van der Waals surface area contributed by atoms with Gasteiger partial charge in [0, 0.05) is 27.9 Å². The van der Waals surface area contributed by atoms with Crippen LogP contribution in [0.1, 0.15) is 49.9 Å². The van der Waals surface area contributed by atoms with Crippen LogP contribution in [0.5, 0.6) is 0 Å². The molecule has 59 heavy (non-hydrogen) atoms. The molecule has 11 rings (SSSR count). The monoisotopic (exact) mass is 755 g/mol. The molecule has 1 nitrogen and oxygen atoms in total. The lowest BCUT2D eigenvalue weighted by Crippen LogP contribution is -2.16. The fraction of sp³-hybridized carbons (Fsp3) is 0.103. The summed E-state index contributed by atoms with van der Waals surface area (Å²) in [5, 5.41) is 2.62. The molecule has 0 radical (unpaired) electrons. The number of hydrogen-bond donors (Lipinski definition) is 0. The number of benzene rings is 9. The van der Waals surface area contributed by atoms with E-state index in [2.05, 4.69) is 233 Å². The van der Waals surface area contributed by atoms with Crippen molar-refractivity contribution < 1.29 is 0 Å². The molecule has 0 aromatic heterocycles. The molecule has 0 fully saturated rings. The first-order valence-electron chi connectivity index (χ1n) is 20.8. The zero-order valence-electron chi connectivity index (χ0n) is 34.0. The van der Waals surface area contributed by atoms with Crippen LogP contribution in [-0.2, 0) is 10.8 Å². The fourth-order valence-electron chi connectivity index (χ4n) is 10.3. The van der Waals surface area contributed by atoms with Crippen LogP contribution in [0.3, 0.4) is 0 Å². The van der Waals surface area contributed by atoms with E-state index >= 15 is 0 Å². The molecule has 0 aliphatic heterocycles. The van der Waals surface area contributed by atoms with E-state index in [9.17, 15) is 0 Å². The molecule has 9 aromatic rings. The summed E-state index contributed by atoms with van der Waals surface area (Å²) in [6.45, 7) is 9.50. The van der Waals surface area contributed by atoms with Crippen molar-refractivity contribution in [2.24, 2.45) is 0 Å². The van der Waals surface area contributed by atoms with E-state index < -0.39 is 0 Å². The third kappa shape index (κ3) is 5.53. The summed E-state index contributed by atoms with van der Waals surface area (Å²) in [7, 11) is 0. The Hall–Kier alpha value is -6.96. The quantitative estimate of drug-likeness (QED) is 0.163. The van der Waals surface area contributed by atoms with Crippen molar-refractivity contribution in [1.29, 1.82) is 0 Å². The van der Waals surface area contributed by atoms with E-state index in [0.29, 0.717) is 0 Å². The summed E-state index contributed by atoms with van der Waals surface area (Å²) >= 11 is 0. The lowest BCUT2D eigenvalue weighted by atomic mass is 9.79. The van der Waals surface area contributed by atoms with Crippen LogP contribution in [0.2, 0.25) is 0 Å². The van der Waals surface area contributed by atoms with Gasteiger partial charge in [-0.05, 0) is 137 Å². The van der Waals surface area contributed by atoms with E-state index in [1.165, 1.54) is 88.7 Å². The molecule has 0 spiro atoms. The molecular formula is C58H45N. The molecule has 0 heterocycles. The third-order valence-electron chi connectivity index (χ3n) is 13.3. The predicted octanol–water partition coefficient (Wildman–Crippen LogP) is 15.9. The zero-order chi connectivity index (χ0) is 39.9. The molecule has 2 aliphatic rings. The van der Waals surface area contributed by atoms with Gasteiger partial charge in [-0.1, -0.05) is 179 Å². The van der Waals surface area contributed by atoms with Gasteiger partial charge in [-0.15, -0.1) is 0 Å². The first-order chi connectivity index (χ1) is 28.8. The third-order valence-corrected chi connectivity index (χ3v) is 13.3. The largest absolute Gasteiger partial charge is 0.310 e. The van der Waals surface area contributed by atoms with Crippen molar-refractivity contribution >= 4 is 27.8 Å². The summed E-state index contributed by atoms with van der Waals surface area (Å²) in [6.07, 6.45) is 0. The Morgan fingerprint density at radius 3 is 1.49 bits per heavy atom. The Kier molecular flexibility index (Phi) is 7.94. The molecule has 0 N–H and O–H groups in total. The zero-order valence-corrected chi connectivity index (χ0v) is 34.0. The molecule has 0 bridgehead atoms. The van der Waals surface area contributed by atoms with Gasteiger partial charge in [-0.2, -0.15) is 0 Å². The van der Waals surface area contributed by atoms with Gasteiger partial charge in [0.25, 0.3) is 0 Å². The van der Waals surface area contributed by atoms with Crippen molar-refractivity contribution in [3.8, 4) is 55.6 Å². The minimum atomic E-state index is -0.121. The average molecular weight is 756 g/mol. The highest BCUT2D eigenvalue weighted by Gasteiger charge is 2.38. The standard InChI is InChI=1S/C58H45N/c1-57(2)53-22-14-13-20-47(53)48-33-32-45(36-55(48)57)59(43-28-23-40(24-29-43)38-15-7-5-8-16-38)44-30-25-41(26-31-44)50-37-52-51-35-42(39-17-9-6-10-18-39)27-34-54(51)58(3,4)56(52)49-21-12-11-19-46(49)50/h5-37H,1-4H3. The van der Waals surface area contributed by atoms with Gasteiger partial charge in [0.05, 0.1) is 0 Å². The van der Waals surface area contributed by atoms with Crippen molar-refractivity contribution in [2.75, 3.05) is 4.90 Å². The predicted molar refractivity (Wildman–Crippen MR) is 250 cm³/mol. The second-order valence-corrected chi connectivity index (χ2v) is 17.3. The molecular weight excluding hydrogens is 711 g/mol. The van der Waals surface area contributed by atoms with Gasteiger partial charge >= 0.3 is 0 Å². The Morgan fingerprint density at radius 2 is 0.797 bits per heavy atom. The highest BCUT2D eigenvalue weighted by Crippen LogP contribution is 2.55. The van der Waals surface area contributed by atoms with Crippen LogP contribution in [0.25, 0.3) is 66.4 Å². The average Bonchev–Trinajstić information content (AvgIpc) is 3.66. The number of hydrogen-bond acceptors (Lipinski definition) is 1. The Bertz CT molecular complexity index is 3060. The molecule has 0 amide bonds. The van der Waals surface area contributed by atoms with E-state index in [-0.39, 0.29) is 10.8 Å². The molecule has 9 aromatic carbocycles. The van der Waals surface area contributed by atoms with Crippen molar-refractivity contribution in [1.82, 2.24) is 0 Å². The van der Waals surface area contributed by atoms with Crippen LogP contribution >= 0.6 is 0 Å². The van der Waals surface area contributed by atoms with Gasteiger partial charge in [0.2, 0.25) is 0 Å². The second-order valence-electron chi connectivity index (χ2n) is 17.3. The Morgan fingerprint density at radius 1 is 0.288 bits per heavy atom. The van der Waals surface area contributed by atoms with E-state index in [4.69, 9.17) is 0 Å². The normalized spacial score (nSPS) is 14.0. The maximum absolute atomic E-state index is 2.47. The van der Waals surface area contributed by atoms with Crippen molar-refractivity contribution in [3.63, 3.8) is 0 Å².